The van der Waals surface area contributed by atoms with Crippen LogP contribution in [0.3, 0.4) is 0 Å². The lowest BCUT2D eigenvalue weighted by atomic mass is 9.98. The fourth-order valence-electron chi connectivity index (χ4n) is 1.93. The molecule has 1 saturated heterocycles. The van der Waals surface area contributed by atoms with Gasteiger partial charge in [-0.3, -0.25) is 4.79 Å². The van der Waals surface area contributed by atoms with Gasteiger partial charge in [-0.1, -0.05) is 6.92 Å². The van der Waals surface area contributed by atoms with Crippen LogP contribution in [0.15, 0.2) is 0 Å². The van der Waals surface area contributed by atoms with Gasteiger partial charge in [0.1, 0.15) is 0 Å². The fraction of sp³-hybridized carbons (Fsp3) is 0.900. The number of piperidine rings is 1. The first-order chi connectivity index (χ1) is 6.63. The molecule has 82 valence electrons. The number of carbonyl (C=O) groups is 1. The van der Waals surface area contributed by atoms with E-state index in [9.17, 15) is 4.79 Å². The molecule has 1 rings (SSSR count). The molecule has 2 N–H and O–H groups in total. The first-order valence-corrected chi connectivity index (χ1v) is 5.19. The first kappa shape index (κ1) is 11.5. The second-order valence-electron chi connectivity index (χ2n) is 4.19. The van der Waals surface area contributed by atoms with E-state index in [2.05, 4.69) is 4.90 Å². The van der Waals surface area contributed by atoms with E-state index < -0.39 is 5.97 Å². The summed E-state index contributed by atoms with van der Waals surface area (Å²) in [7, 11) is 0. The first-order valence-electron chi connectivity index (χ1n) is 5.19. The highest BCUT2D eigenvalue weighted by Crippen LogP contribution is 2.16. The van der Waals surface area contributed by atoms with Gasteiger partial charge >= 0.3 is 5.97 Å². The molecule has 0 aliphatic carbocycles. The number of aliphatic hydroxyl groups is 1. The minimum absolute atomic E-state index is 0.220. The van der Waals surface area contributed by atoms with Crippen molar-refractivity contribution in [3.63, 3.8) is 0 Å². The Hall–Kier alpha value is -0.610. The molecule has 1 fully saturated rings. The quantitative estimate of drug-likeness (QED) is 0.691. The molecule has 0 aromatic rings. The third-order valence-corrected chi connectivity index (χ3v) is 2.81. The molecule has 14 heavy (non-hydrogen) atoms. The number of aliphatic carboxylic acids is 1. The average Bonchev–Trinajstić information content (AvgIpc) is 2.18. The van der Waals surface area contributed by atoms with Crippen LogP contribution in [0.25, 0.3) is 0 Å². The molecule has 1 heterocycles. The van der Waals surface area contributed by atoms with E-state index in [0.717, 1.165) is 25.9 Å². The van der Waals surface area contributed by atoms with E-state index in [0.29, 0.717) is 12.5 Å². The van der Waals surface area contributed by atoms with Crippen LogP contribution in [0.1, 0.15) is 19.8 Å². The van der Waals surface area contributed by atoms with Gasteiger partial charge < -0.3 is 15.1 Å². The summed E-state index contributed by atoms with van der Waals surface area (Å²) in [6.07, 6.45) is 2.13. The zero-order chi connectivity index (χ0) is 10.6. The van der Waals surface area contributed by atoms with Crippen molar-refractivity contribution in [2.75, 3.05) is 26.2 Å². The number of aliphatic hydroxyl groups excluding tert-OH is 1. The topological polar surface area (TPSA) is 60.8 Å². The molecular weight excluding hydrogens is 182 g/mol. The van der Waals surface area contributed by atoms with Gasteiger partial charge in [0.25, 0.3) is 0 Å². The maximum Gasteiger partial charge on any atom is 0.307 e. The van der Waals surface area contributed by atoms with E-state index in [1.807, 2.05) is 0 Å². The summed E-state index contributed by atoms with van der Waals surface area (Å²) >= 11 is 0. The molecule has 0 spiro atoms. The minimum Gasteiger partial charge on any atom is -0.481 e. The lowest BCUT2D eigenvalue weighted by molar-refractivity contribution is -0.141. The van der Waals surface area contributed by atoms with Crippen molar-refractivity contribution >= 4 is 5.97 Å². The lowest BCUT2D eigenvalue weighted by Gasteiger charge is -2.32. The van der Waals surface area contributed by atoms with Crippen LogP contribution in [0.4, 0.5) is 0 Å². The Kier molecular flexibility index (Phi) is 4.35. The molecule has 0 saturated carbocycles. The van der Waals surface area contributed by atoms with Crippen LogP contribution in [0.5, 0.6) is 0 Å². The second-order valence-corrected chi connectivity index (χ2v) is 4.19. The summed E-state index contributed by atoms with van der Waals surface area (Å²) < 4.78 is 0. The highest BCUT2D eigenvalue weighted by molar-refractivity contribution is 5.69. The van der Waals surface area contributed by atoms with Gasteiger partial charge in [-0.2, -0.15) is 0 Å². The van der Waals surface area contributed by atoms with E-state index in [1.54, 1.807) is 6.92 Å². The van der Waals surface area contributed by atoms with Crippen LogP contribution >= 0.6 is 0 Å². The molecule has 0 amide bonds. The summed E-state index contributed by atoms with van der Waals surface area (Å²) in [4.78, 5) is 12.8. The Morgan fingerprint density at radius 3 is 2.93 bits per heavy atom. The van der Waals surface area contributed by atoms with Crippen molar-refractivity contribution in [1.29, 1.82) is 0 Å². The van der Waals surface area contributed by atoms with Gasteiger partial charge in [-0.25, -0.2) is 0 Å². The second kappa shape index (κ2) is 5.32. The Bertz CT molecular complexity index is 196. The largest absolute Gasteiger partial charge is 0.481 e. The fourth-order valence-corrected chi connectivity index (χ4v) is 1.93. The molecule has 0 aromatic heterocycles. The van der Waals surface area contributed by atoms with Crippen molar-refractivity contribution in [3.8, 4) is 0 Å². The molecule has 0 aromatic carbocycles. The summed E-state index contributed by atoms with van der Waals surface area (Å²) in [6, 6.07) is 0. The number of carboxylic acids is 1. The van der Waals surface area contributed by atoms with Crippen LogP contribution in [0, 0.1) is 11.8 Å². The average molecular weight is 201 g/mol. The predicted molar refractivity (Wildman–Crippen MR) is 53.0 cm³/mol. The Morgan fingerprint density at radius 2 is 2.36 bits per heavy atom. The number of likely N-dealkylation sites (tertiary alicyclic amines) is 1. The van der Waals surface area contributed by atoms with Crippen LogP contribution in [0.2, 0.25) is 0 Å². The zero-order valence-electron chi connectivity index (χ0n) is 8.65. The van der Waals surface area contributed by atoms with E-state index in [1.165, 1.54) is 0 Å². The Balaban J connectivity index is 2.33. The molecule has 0 radical (unpaired) electrons. The van der Waals surface area contributed by atoms with Crippen molar-refractivity contribution in [2.24, 2.45) is 11.8 Å². The number of rotatable bonds is 4. The maximum atomic E-state index is 10.6. The van der Waals surface area contributed by atoms with Crippen LogP contribution < -0.4 is 0 Å². The van der Waals surface area contributed by atoms with Crippen molar-refractivity contribution in [3.05, 3.63) is 0 Å². The van der Waals surface area contributed by atoms with Gasteiger partial charge in [0.15, 0.2) is 0 Å². The molecule has 2 atom stereocenters. The summed E-state index contributed by atoms with van der Waals surface area (Å²) in [6.45, 7) is 4.36. The van der Waals surface area contributed by atoms with Crippen LogP contribution in [-0.4, -0.2) is 47.3 Å². The van der Waals surface area contributed by atoms with Gasteiger partial charge in [-0.15, -0.1) is 0 Å². The SMILES string of the molecule is CC(CN1CCCC(CO)C1)C(=O)O. The normalized spacial score (nSPS) is 26.0. The molecule has 0 bridgehead atoms. The Morgan fingerprint density at radius 1 is 1.64 bits per heavy atom. The van der Waals surface area contributed by atoms with Crippen molar-refractivity contribution < 1.29 is 15.0 Å². The van der Waals surface area contributed by atoms with E-state index >= 15 is 0 Å². The molecular formula is C10H19NO3. The third-order valence-electron chi connectivity index (χ3n) is 2.81. The Labute approximate surface area is 84.5 Å². The minimum atomic E-state index is -0.740. The molecule has 1 aliphatic rings. The molecule has 2 unspecified atom stereocenters. The standard InChI is InChI=1S/C10H19NO3/c1-8(10(13)14)5-11-4-2-3-9(6-11)7-12/h8-9,12H,2-7H2,1H3,(H,13,14). The lowest BCUT2D eigenvalue weighted by Crippen LogP contribution is -2.40. The number of hydrogen-bond donors (Lipinski definition) is 2. The smallest absolute Gasteiger partial charge is 0.307 e. The summed E-state index contributed by atoms with van der Waals surface area (Å²) in [5, 5.41) is 17.8. The highest BCUT2D eigenvalue weighted by Gasteiger charge is 2.22. The maximum absolute atomic E-state index is 10.6. The van der Waals surface area contributed by atoms with Gasteiger partial charge in [-0.05, 0) is 25.3 Å². The van der Waals surface area contributed by atoms with E-state index in [-0.39, 0.29) is 12.5 Å². The number of nitrogens with zero attached hydrogens (tertiary/aromatic N) is 1. The van der Waals surface area contributed by atoms with Gasteiger partial charge in [0.2, 0.25) is 0 Å². The van der Waals surface area contributed by atoms with Crippen LogP contribution in [-0.2, 0) is 4.79 Å². The number of carboxylic acid groups (broad SMARTS) is 1. The zero-order valence-corrected chi connectivity index (χ0v) is 8.65. The summed E-state index contributed by atoms with van der Waals surface area (Å²) in [5.74, 6) is -0.715. The van der Waals surface area contributed by atoms with E-state index in [4.69, 9.17) is 10.2 Å². The van der Waals surface area contributed by atoms with Crippen molar-refractivity contribution in [2.45, 2.75) is 19.8 Å². The molecule has 4 heteroatoms. The monoisotopic (exact) mass is 201 g/mol. The predicted octanol–water partition coefficient (Wildman–Crippen LogP) is 0.411. The molecule has 1 aliphatic heterocycles. The van der Waals surface area contributed by atoms with Gasteiger partial charge in [0, 0.05) is 19.7 Å². The van der Waals surface area contributed by atoms with Gasteiger partial charge in [0.05, 0.1) is 5.92 Å². The van der Waals surface area contributed by atoms with Crippen molar-refractivity contribution in [1.82, 2.24) is 4.90 Å². The highest BCUT2D eigenvalue weighted by atomic mass is 16.4. The summed E-state index contributed by atoms with van der Waals surface area (Å²) in [5.41, 5.74) is 0. The third kappa shape index (κ3) is 3.27. The number of hydrogen-bond acceptors (Lipinski definition) is 3. The molecule has 4 nitrogen and oxygen atoms in total.